The van der Waals surface area contributed by atoms with Crippen molar-refractivity contribution in [1.29, 1.82) is 0 Å². The van der Waals surface area contributed by atoms with Crippen molar-refractivity contribution in [2.24, 2.45) is 7.05 Å². The third-order valence-electron chi connectivity index (χ3n) is 4.18. The molecule has 25 heavy (non-hydrogen) atoms. The van der Waals surface area contributed by atoms with Crippen molar-refractivity contribution in [2.45, 2.75) is 19.3 Å². The number of hydrogen-bond donors (Lipinski definition) is 1. The first-order valence-electron chi connectivity index (χ1n) is 8.14. The summed E-state index contributed by atoms with van der Waals surface area (Å²) < 4.78 is 47.3. The number of ether oxygens (including phenoxy) is 1. The lowest BCUT2D eigenvalue weighted by molar-refractivity contribution is -0.138. The van der Waals surface area contributed by atoms with E-state index >= 15 is 0 Å². The molecule has 1 aromatic heterocycles. The van der Waals surface area contributed by atoms with E-state index in [0.29, 0.717) is 38.5 Å². The highest BCUT2D eigenvalue weighted by atomic mass is 19.4. The number of nitrogens with one attached hydrogen (secondary N) is 1. The molecule has 3 rings (SSSR count). The highest BCUT2D eigenvalue weighted by Crippen LogP contribution is 2.35. The summed E-state index contributed by atoms with van der Waals surface area (Å²) >= 11 is 0. The zero-order valence-corrected chi connectivity index (χ0v) is 14.0. The normalized spacial score (nSPS) is 15.6. The Morgan fingerprint density at radius 3 is 2.60 bits per heavy atom. The molecule has 1 N–H and O–H groups in total. The minimum atomic E-state index is -4.38. The van der Waals surface area contributed by atoms with Gasteiger partial charge in [0.25, 0.3) is 0 Å². The smallest absolute Gasteiger partial charge is 0.378 e. The SMILES string of the molecule is Cn1cc(CNCc2ccc(N3CCOCC3)cc2C(F)(F)F)cn1. The highest BCUT2D eigenvalue weighted by Gasteiger charge is 2.34. The molecule has 1 aliphatic heterocycles. The van der Waals surface area contributed by atoms with Crippen LogP contribution in [-0.2, 0) is 31.1 Å². The van der Waals surface area contributed by atoms with E-state index < -0.39 is 11.7 Å². The van der Waals surface area contributed by atoms with Crippen molar-refractivity contribution in [3.8, 4) is 0 Å². The zero-order valence-electron chi connectivity index (χ0n) is 14.0. The molecular formula is C17H21F3N4O. The molecular weight excluding hydrogens is 333 g/mol. The van der Waals surface area contributed by atoms with Crippen LogP contribution in [-0.4, -0.2) is 36.1 Å². The Balaban J connectivity index is 1.73. The Morgan fingerprint density at radius 1 is 1.20 bits per heavy atom. The van der Waals surface area contributed by atoms with Crippen LogP contribution in [0.1, 0.15) is 16.7 Å². The molecule has 0 aliphatic carbocycles. The minimum Gasteiger partial charge on any atom is -0.378 e. The molecule has 136 valence electrons. The molecule has 8 heteroatoms. The number of nitrogens with zero attached hydrogens (tertiary/aromatic N) is 3. The van der Waals surface area contributed by atoms with E-state index in [2.05, 4.69) is 10.4 Å². The van der Waals surface area contributed by atoms with Crippen LogP contribution in [0.3, 0.4) is 0 Å². The first-order chi connectivity index (χ1) is 11.9. The lowest BCUT2D eigenvalue weighted by atomic mass is 10.0. The minimum absolute atomic E-state index is 0.146. The van der Waals surface area contributed by atoms with Gasteiger partial charge in [0.15, 0.2) is 0 Å². The third kappa shape index (κ3) is 4.52. The Labute approximate surface area is 144 Å². The molecule has 0 spiro atoms. The van der Waals surface area contributed by atoms with Crippen molar-refractivity contribution in [1.82, 2.24) is 15.1 Å². The fraction of sp³-hybridized carbons (Fsp3) is 0.471. The maximum absolute atomic E-state index is 13.5. The third-order valence-corrected chi connectivity index (χ3v) is 4.18. The number of benzene rings is 1. The zero-order chi connectivity index (χ0) is 17.9. The van der Waals surface area contributed by atoms with Gasteiger partial charge in [-0.25, -0.2) is 0 Å². The van der Waals surface area contributed by atoms with Crippen LogP contribution in [0, 0.1) is 0 Å². The van der Waals surface area contributed by atoms with Gasteiger partial charge in [0.1, 0.15) is 0 Å². The number of morpholine rings is 1. The van der Waals surface area contributed by atoms with Gasteiger partial charge < -0.3 is 15.0 Å². The molecule has 0 atom stereocenters. The van der Waals surface area contributed by atoms with E-state index in [1.807, 2.05) is 11.1 Å². The Kier molecular flexibility index (Phi) is 5.29. The van der Waals surface area contributed by atoms with Gasteiger partial charge in [-0.15, -0.1) is 0 Å². The van der Waals surface area contributed by atoms with Crippen molar-refractivity contribution in [3.05, 3.63) is 47.3 Å². The molecule has 0 radical (unpaired) electrons. The molecule has 5 nitrogen and oxygen atoms in total. The maximum atomic E-state index is 13.5. The fourth-order valence-electron chi connectivity index (χ4n) is 2.91. The Morgan fingerprint density at radius 2 is 1.96 bits per heavy atom. The van der Waals surface area contributed by atoms with Gasteiger partial charge in [-0.3, -0.25) is 4.68 Å². The van der Waals surface area contributed by atoms with Gasteiger partial charge in [-0.2, -0.15) is 18.3 Å². The van der Waals surface area contributed by atoms with Crippen LogP contribution in [0.25, 0.3) is 0 Å². The number of alkyl halides is 3. The van der Waals surface area contributed by atoms with E-state index in [1.54, 1.807) is 30.1 Å². The lowest BCUT2D eigenvalue weighted by Crippen LogP contribution is -2.36. The van der Waals surface area contributed by atoms with Crippen molar-refractivity contribution in [3.63, 3.8) is 0 Å². The second kappa shape index (κ2) is 7.45. The monoisotopic (exact) mass is 354 g/mol. The molecule has 2 heterocycles. The summed E-state index contributed by atoms with van der Waals surface area (Å²) in [7, 11) is 1.80. The van der Waals surface area contributed by atoms with Gasteiger partial charge in [-0.1, -0.05) is 6.07 Å². The van der Waals surface area contributed by atoms with E-state index in [4.69, 9.17) is 4.74 Å². The van der Waals surface area contributed by atoms with Gasteiger partial charge >= 0.3 is 6.18 Å². The predicted octanol–water partition coefficient (Wildman–Crippen LogP) is 2.57. The molecule has 1 saturated heterocycles. The quantitative estimate of drug-likeness (QED) is 0.896. The van der Waals surface area contributed by atoms with E-state index in [1.165, 1.54) is 6.07 Å². The van der Waals surface area contributed by atoms with Crippen molar-refractivity contribution >= 4 is 5.69 Å². The average molecular weight is 354 g/mol. The van der Waals surface area contributed by atoms with Gasteiger partial charge in [0.05, 0.1) is 25.0 Å². The summed E-state index contributed by atoms with van der Waals surface area (Å²) in [5.41, 5.74) is 1.18. The summed E-state index contributed by atoms with van der Waals surface area (Å²) in [5.74, 6) is 0. The molecule has 1 aromatic carbocycles. The number of aryl methyl sites for hydroxylation is 1. The number of halogens is 3. The van der Waals surface area contributed by atoms with E-state index in [0.717, 1.165) is 5.56 Å². The summed E-state index contributed by atoms with van der Waals surface area (Å²) in [6.07, 6.45) is -0.855. The highest BCUT2D eigenvalue weighted by molar-refractivity contribution is 5.52. The Hall–Kier alpha value is -2.06. The molecule has 0 amide bonds. The van der Waals surface area contributed by atoms with E-state index in [-0.39, 0.29) is 12.1 Å². The summed E-state index contributed by atoms with van der Waals surface area (Å²) in [6, 6.07) is 4.55. The first kappa shape index (κ1) is 17.8. The molecule has 0 bridgehead atoms. The number of hydrogen-bond acceptors (Lipinski definition) is 4. The molecule has 1 fully saturated rings. The molecule has 2 aromatic rings. The van der Waals surface area contributed by atoms with Crippen LogP contribution < -0.4 is 10.2 Å². The van der Waals surface area contributed by atoms with Crippen LogP contribution in [0.5, 0.6) is 0 Å². The largest absolute Gasteiger partial charge is 0.416 e. The maximum Gasteiger partial charge on any atom is 0.416 e. The summed E-state index contributed by atoms with van der Waals surface area (Å²) in [6.45, 7) is 2.90. The van der Waals surface area contributed by atoms with Crippen LogP contribution in [0.4, 0.5) is 18.9 Å². The van der Waals surface area contributed by atoms with Crippen molar-refractivity contribution in [2.75, 3.05) is 31.2 Å². The van der Waals surface area contributed by atoms with Crippen LogP contribution in [0.15, 0.2) is 30.6 Å². The molecule has 1 aliphatic rings. The second-order valence-corrected chi connectivity index (χ2v) is 6.06. The van der Waals surface area contributed by atoms with Crippen LogP contribution >= 0.6 is 0 Å². The van der Waals surface area contributed by atoms with E-state index in [9.17, 15) is 13.2 Å². The number of rotatable bonds is 5. The first-order valence-corrected chi connectivity index (χ1v) is 8.14. The summed E-state index contributed by atoms with van der Waals surface area (Å²) in [4.78, 5) is 1.92. The Bertz CT molecular complexity index is 708. The fourth-order valence-corrected chi connectivity index (χ4v) is 2.91. The molecule has 0 saturated carbocycles. The predicted molar refractivity (Wildman–Crippen MR) is 88.2 cm³/mol. The number of aromatic nitrogens is 2. The van der Waals surface area contributed by atoms with Gasteiger partial charge in [0, 0.05) is 50.7 Å². The van der Waals surface area contributed by atoms with Gasteiger partial charge in [-0.05, 0) is 17.7 Å². The second-order valence-electron chi connectivity index (χ2n) is 6.06. The molecule has 0 unspecified atom stereocenters. The number of anilines is 1. The standard InChI is InChI=1S/C17H21F3N4O/c1-23-12-13(10-22-23)9-21-11-14-2-3-15(8-16(14)17(18,19)20)24-4-6-25-7-5-24/h2-3,8,10,12,21H,4-7,9,11H2,1H3. The topological polar surface area (TPSA) is 42.3 Å². The van der Waals surface area contributed by atoms with Crippen molar-refractivity contribution < 1.29 is 17.9 Å². The van der Waals surface area contributed by atoms with Gasteiger partial charge in [0.2, 0.25) is 0 Å². The van der Waals surface area contributed by atoms with Crippen LogP contribution in [0.2, 0.25) is 0 Å². The lowest BCUT2D eigenvalue weighted by Gasteiger charge is -2.29. The summed E-state index contributed by atoms with van der Waals surface area (Å²) in [5, 5.41) is 7.10. The average Bonchev–Trinajstić information content (AvgIpc) is 3.00.